The second kappa shape index (κ2) is 9.38. The van der Waals surface area contributed by atoms with Gasteiger partial charge in [-0.25, -0.2) is 8.78 Å². The molecule has 0 aliphatic carbocycles. The molecule has 0 saturated carbocycles. The van der Waals surface area contributed by atoms with E-state index in [2.05, 4.69) is 6.92 Å². The van der Waals surface area contributed by atoms with Crippen LogP contribution in [0.25, 0.3) is 0 Å². The van der Waals surface area contributed by atoms with Crippen molar-refractivity contribution in [2.75, 3.05) is 0 Å². The van der Waals surface area contributed by atoms with Gasteiger partial charge in [-0.05, 0) is 6.42 Å². The van der Waals surface area contributed by atoms with Crippen molar-refractivity contribution in [3.8, 4) is 0 Å². The Balaban J connectivity index is 3.06. The number of rotatable bonds is 9. The molecule has 1 N–H and O–H groups in total. The van der Waals surface area contributed by atoms with Gasteiger partial charge in [-0.1, -0.05) is 51.9 Å². The van der Waals surface area contributed by atoms with Crippen LogP contribution in [0.15, 0.2) is 0 Å². The van der Waals surface area contributed by atoms with E-state index in [0.29, 0.717) is 0 Å². The Morgan fingerprint density at radius 3 is 1.93 bits per heavy atom. The molecular weight excluding hydrogens is 186 g/mol. The van der Waals surface area contributed by atoms with E-state index in [1.165, 1.54) is 25.7 Å². The average Bonchev–Trinajstić information content (AvgIpc) is 2.16. The molecule has 3 heteroatoms. The summed E-state index contributed by atoms with van der Waals surface area (Å²) in [6.07, 6.45) is 3.98. The Kier molecular flexibility index (Phi) is 9.26. The van der Waals surface area contributed by atoms with Crippen molar-refractivity contribution >= 4 is 0 Å². The molecule has 0 aromatic heterocycles. The number of aliphatic hydroxyl groups is 1. The first-order valence-corrected chi connectivity index (χ1v) is 5.64. The summed E-state index contributed by atoms with van der Waals surface area (Å²) in [7, 11) is 0. The Labute approximate surface area is 85.5 Å². The molecule has 0 aromatic rings. The molecule has 0 rings (SSSR count). The summed E-state index contributed by atoms with van der Waals surface area (Å²) in [5, 5.41) is 8.82. The van der Waals surface area contributed by atoms with Crippen LogP contribution in [-0.2, 0) is 0 Å². The number of hydrogen-bond donors (Lipinski definition) is 1. The molecule has 0 aliphatic heterocycles. The molecular formula is C11H22F2O. The van der Waals surface area contributed by atoms with Gasteiger partial charge in [0.1, 0.15) is 6.10 Å². The van der Waals surface area contributed by atoms with Crippen LogP contribution in [0.4, 0.5) is 8.78 Å². The molecule has 1 nitrogen and oxygen atoms in total. The number of alkyl halides is 2. The summed E-state index contributed by atoms with van der Waals surface area (Å²) in [5.41, 5.74) is 0. The lowest BCUT2D eigenvalue weighted by Crippen LogP contribution is -2.16. The summed E-state index contributed by atoms with van der Waals surface area (Å²) < 4.78 is 23.7. The van der Waals surface area contributed by atoms with Gasteiger partial charge in [0.25, 0.3) is 6.43 Å². The van der Waals surface area contributed by atoms with E-state index in [1.807, 2.05) is 0 Å². The van der Waals surface area contributed by atoms with Crippen LogP contribution in [-0.4, -0.2) is 17.6 Å². The maximum absolute atomic E-state index is 11.9. The number of unbranched alkanes of at least 4 members (excludes halogenated alkanes) is 6. The van der Waals surface area contributed by atoms with Crippen LogP contribution in [0.2, 0.25) is 0 Å². The van der Waals surface area contributed by atoms with Crippen molar-refractivity contribution in [2.45, 2.75) is 70.8 Å². The second-order valence-corrected chi connectivity index (χ2v) is 3.81. The molecule has 1 atom stereocenters. The van der Waals surface area contributed by atoms with Crippen molar-refractivity contribution in [1.29, 1.82) is 0 Å². The molecule has 0 heterocycles. The van der Waals surface area contributed by atoms with Gasteiger partial charge in [0.05, 0.1) is 0 Å². The van der Waals surface area contributed by atoms with Crippen LogP contribution < -0.4 is 0 Å². The predicted molar refractivity (Wildman–Crippen MR) is 54.6 cm³/mol. The summed E-state index contributed by atoms with van der Waals surface area (Å²) in [5.74, 6) is 0. The first kappa shape index (κ1) is 13.8. The van der Waals surface area contributed by atoms with E-state index in [4.69, 9.17) is 5.11 Å². The molecule has 0 spiro atoms. The molecule has 0 aliphatic rings. The number of aliphatic hydroxyl groups excluding tert-OH is 1. The van der Waals surface area contributed by atoms with Gasteiger partial charge in [-0.3, -0.25) is 0 Å². The van der Waals surface area contributed by atoms with Gasteiger partial charge >= 0.3 is 0 Å². The molecule has 1 unspecified atom stereocenters. The van der Waals surface area contributed by atoms with E-state index in [1.54, 1.807) is 0 Å². The Hall–Kier alpha value is -0.180. The first-order chi connectivity index (χ1) is 6.68. The Morgan fingerprint density at radius 1 is 0.929 bits per heavy atom. The van der Waals surface area contributed by atoms with Gasteiger partial charge in [-0.15, -0.1) is 0 Å². The van der Waals surface area contributed by atoms with E-state index < -0.39 is 12.5 Å². The third-order valence-corrected chi connectivity index (χ3v) is 2.39. The summed E-state index contributed by atoms with van der Waals surface area (Å²) in [6, 6.07) is 0. The van der Waals surface area contributed by atoms with Crippen LogP contribution in [0.1, 0.15) is 58.3 Å². The number of halogens is 2. The second-order valence-electron chi connectivity index (χ2n) is 3.81. The van der Waals surface area contributed by atoms with Gasteiger partial charge in [-0.2, -0.15) is 0 Å². The molecule has 0 fully saturated rings. The standard InChI is InChI=1S/C11H22F2O/c1-2-3-4-5-6-7-8-9-10(14)11(12)13/h10-11,14H,2-9H2,1H3. The molecule has 0 saturated heterocycles. The van der Waals surface area contributed by atoms with E-state index in [-0.39, 0.29) is 6.42 Å². The van der Waals surface area contributed by atoms with Gasteiger partial charge in [0.2, 0.25) is 0 Å². The average molecular weight is 208 g/mol. The molecule has 0 bridgehead atoms. The van der Waals surface area contributed by atoms with Gasteiger partial charge in [0.15, 0.2) is 0 Å². The van der Waals surface area contributed by atoms with Crippen molar-refractivity contribution in [1.82, 2.24) is 0 Å². The van der Waals surface area contributed by atoms with Crippen molar-refractivity contribution < 1.29 is 13.9 Å². The summed E-state index contributed by atoms with van der Waals surface area (Å²) >= 11 is 0. The maximum Gasteiger partial charge on any atom is 0.264 e. The Bertz CT molecular complexity index is 118. The topological polar surface area (TPSA) is 20.2 Å². The fraction of sp³-hybridized carbons (Fsp3) is 1.00. The quantitative estimate of drug-likeness (QED) is 0.572. The highest BCUT2D eigenvalue weighted by Gasteiger charge is 2.15. The van der Waals surface area contributed by atoms with E-state index >= 15 is 0 Å². The fourth-order valence-corrected chi connectivity index (χ4v) is 1.44. The third kappa shape index (κ3) is 8.42. The summed E-state index contributed by atoms with van der Waals surface area (Å²) in [6.45, 7) is 2.17. The van der Waals surface area contributed by atoms with Crippen molar-refractivity contribution in [3.63, 3.8) is 0 Å². The predicted octanol–water partition coefficient (Wildman–Crippen LogP) is 3.75. The molecule has 86 valence electrons. The lowest BCUT2D eigenvalue weighted by molar-refractivity contribution is -0.0100. The van der Waals surface area contributed by atoms with Gasteiger partial charge in [0, 0.05) is 0 Å². The monoisotopic (exact) mass is 208 g/mol. The fourth-order valence-electron chi connectivity index (χ4n) is 1.44. The van der Waals surface area contributed by atoms with Crippen LogP contribution in [0.3, 0.4) is 0 Å². The lowest BCUT2D eigenvalue weighted by Gasteiger charge is -2.08. The zero-order chi connectivity index (χ0) is 10.8. The normalized spacial score (nSPS) is 13.5. The minimum atomic E-state index is -2.57. The molecule has 14 heavy (non-hydrogen) atoms. The maximum atomic E-state index is 11.9. The van der Waals surface area contributed by atoms with Crippen molar-refractivity contribution in [2.24, 2.45) is 0 Å². The highest BCUT2D eigenvalue weighted by Crippen LogP contribution is 2.12. The summed E-state index contributed by atoms with van der Waals surface area (Å²) in [4.78, 5) is 0. The highest BCUT2D eigenvalue weighted by atomic mass is 19.3. The SMILES string of the molecule is CCCCCCCCCC(O)C(F)F. The zero-order valence-electron chi connectivity index (χ0n) is 9.01. The van der Waals surface area contributed by atoms with Crippen molar-refractivity contribution in [3.05, 3.63) is 0 Å². The molecule has 0 aromatic carbocycles. The molecule has 0 amide bonds. The lowest BCUT2D eigenvalue weighted by atomic mass is 10.1. The third-order valence-electron chi connectivity index (χ3n) is 2.39. The van der Waals surface area contributed by atoms with Crippen LogP contribution in [0.5, 0.6) is 0 Å². The Morgan fingerprint density at radius 2 is 1.43 bits per heavy atom. The van der Waals surface area contributed by atoms with E-state index in [0.717, 1.165) is 19.3 Å². The largest absolute Gasteiger partial charge is 0.387 e. The highest BCUT2D eigenvalue weighted by molar-refractivity contribution is 4.57. The van der Waals surface area contributed by atoms with Crippen LogP contribution in [0, 0.1) is 0 Å². The first-order valence-electron chi connectivity index (χ1n) is 5.64. The van der Waals surface area contributed by atoms with Gasteiger partial charge < -0.3 is 5.11 Å². The van der Waals surface area contributed by atoms with Crippen LogP contribution >= 0.6 is 0 Å². The number of hydrogen-bond acceptors (Lipinski definition) is 1. The van der Waals surface area contributed by atoms with E-state index in [9.17, 15) is 8.78 Å². The minimum absolute atomic E-state index is 0.242. The zero-order valence-corrected chi connectivity index (χ0v) is 9.01. The minimum Gasteiger partial charge on any atom is -0.387 e. The molecule has 0 radical (unpaired) electrons. The smallest absolute Gasteiger partial charge is 0.264 e.